The number of aliphatic hydroxyl groups excluding tert-OH is 1. The van der Waals surface area contributed by atoms with E-state index in [1.807, 2.05) is 17.7 Å². The van der Waals surface area contributed by atoms with E-state index in [1.54, 1.807) is 30.6 Å². The Hall–Kier alpha value is -1.23. The van der Waals surface area contributed by atoms with Crippen LogP contribution in [-0.4, -0.2) is 19.3 Å². The molecule has 0 aliphatic rings. The summed E-state index contributed by atoms with van der Waals surface area (Å²) in [6.45, 7) is 1.96. The number of benzene rings is 1. The van der Waals surface area contributed by atoms with Gasteiger partial charge < -0.3 is 14.6 Å². The van der Waals surface area contributed by atoms with Gasteiger partial charge in [0.1, 0.15) is 22.6 Å². The Morgan fingerprint density at radius 2 is 1.89 bits per heavy atom. The van der Waals surface area contributed by atoms with Gasteiger partial charge >= 0.3 is 0 Å². The molecule has 0 aliphatic heterocycles. The minimum Gasteiger partial charge on any atom is -0.495 e. The smallest absolute Gasteiger partial charge is 0.147 e. The average molecular weight is 299 g/mol. The largest absolute Gasteiger partial charge is 0.495 e. The number of hydrogen-bond acceptors (Lipinski definition) is 4. The zero-order valence-corrected chi connectivity index (χ0v) is 12.5. The van der Waals surface area contributed by atoms with Gasteiger partial charge in [-0.3, -0.25) is 0 Å². The van der Waals surface area contributed by atoms with Crippen LogP contribution in [0.1, 0.15) is 22.8 Å². The predicted molar refractivity (Wildman–Crippen MR) is 77.7 cm³/mol. The highest BCUT2D eigenvalue weighted by Gasteiger charge is 2.21. The number of methoxy groups -OCH3 is 2. The molecule has 0 aliphatic carbocycles. The fourth-order valence-electron chi connectivity index (χ4n) is 1.95. The third-order valence-corrected chi connectivity index (χ3v) is 4.24. The SMILES string of the molecule is COc1ccc(C(O)c2cscc2C)c(OC)c1Cl. The third-order valence-electron chi connectivity index (χ3n) is 3.00. The fraction of sp³-hybridized carbons (Fsp3) is 0.286. The van der Waals surface area contributed by atoms with E-state index in [2.05, 4.69) is 0 Å². The summed E-state index contributed by atoms with van der Waals surface area (Å²) >= 11 is 7.76. The number of aryl methyl sites for hydroxylation is 1. The summed E-state index contributed by atoms with van der Waals surface area (Å²) in [5, 5.41) is 14.8. The van der Waals surface area contributed by atoms with Gasteiger partial charge in [0.15, 0.2) is 0 Å². The molecule has 3 nitrogen and oxygen atoms in total. The van der Waals surface area contributed by atoms with Crippen molar-refractivity contribution in [1.82, 2.24) is 0 Å². The first-order valence-electron chi connectivity index (χ1n) is 5.71. The van der Waals surface area contributed by atoms with E-state index in [0.717, 1.165) is 11.1 Å². The van der Waals surface area contributed by atoms with E-state index in [1.165, 1.54) is 7.11 Å². The van der Waals surface area contributed by atoms with Gasteiger partial charge in [-0.1, -0.05) is 11.6 Å². The fourth-order valence-corrected chi connectivity index (χ4v) is 3.15. The first-order valence-corrected chi connectivity index (χ1v) is 7.03. The molecule has 1 aromatic carbocycles. The van der Waals surface area contributed by atoms with Crippen LogP contribution in [0, 0.1) is 6.92 Å². The van der Waals surface area contributed by atoms with Gasteiger partial charge in [0.05, 0.1) is 14.2 Å². The molecule has 1 heterocycles. The van der Waals surface area contributed by atoms with Crippen LogP contribution in [0.5, 0.6) is 11.5 Å². The molecule has 0 spiro atoms. The molecule has 2 aromatic rings. The number of ether oxygens (including phenoxy) is 2. The number of halogens is 1. The Labute approximate surface area is 121 Å². The number of aliphatic hydroxyl groups is 1. The van der Waals surface area contributed by atoms with E-state index in [-0.39, 0.29) is 0 Å². The highest BCUT2D eigenvalue weighted by Crippen LogP contribution is 2.41. The average Bonchev–Trinajstić information content (AvgIpc) is 2.83. The molecular formula is C14H15ClO3S. The Kier molecular flexibility index (Phi) is 4.34. The van der Waals surface area contributed by atoms with Crippen molar-refractivity contribution in [3.8, 4) is 11.5 Å². The van der Waals surface area contributed by atoms with E-state index >= 15 is 0 Å². The van der Waals surface area contributed by atoms with Crippen molar-refractivity contribution in [3.63, 3.8) is 0 Å². The van der Waals surface area contributed by atoms with Gasteiger partial charge in [-0.25, -0.2) is 0 Å². The highest BCUT2D eigenvalue weighted by atomic mass is 35.5. The van der Waals surface area contributed by atoms with Gasteiger partial charge in [-0.15, -0.1) is 0 Å². The standard InChI is InChI=1S/C14H15ClO3S/c1-8-6-19-7-10(8)13(16)9-4-5-11(17-2)12(15)14(9)18-3/h4-7,13,16H,1-3H3. The van der Waals surface area contributed by atoms with E-state index < -0.39 is 6.10 Å². The lowest BCUT2D eigenvalue weighted by atomic mass is 10.00. The Morgan fingerprint density at radius 3 is 2.42 bits per heavy atom. The summed E-state index contributed by atoms with van der Waals surface area (Å²) in [5.41, 5.74) is 2.55. The molecule has 1 unspecified atom stereocenters. The molecule has 2 rings (SSSR count). The van der Waals surface area contributed by atoms with E-state index in [0.29, 0.717) is 22.1 Å². The molecule has 0 radical (unpaired) electrons. The topological polar surface area (TPSA) is 38.7 Å². The van der Waals surface area contributed by atoms with Gasteiger partial charge in [0, 0.05) is 5.56 Å². The minimum atomic E-state index is -0.760. The maximum atomic E-state index is 10.5. The lowest BCUT2D eigenvalue weighted by Crippen LogP contribution is -2.04. The highest BCUT2D eigenvalue weighted by molar-refractivity contribution is 7.08. The van der Waals surface area contributed by atoms with Crippen molar-refractivity contribution in [2.24, 2.45) is 0 Å². The van der Waals surface area contributed by atoms with Crippen molar-refractivity contribution < 1.29 is 14.6 Å². The van der Waals surface area contributed by atoms with Gasteiger partial charge in [-0.2, -0.15) is 11.3 Å². The normalized spacial score (nSPS) is 12.3. The molecule has 102 valence electrons. The summed E-state index contributed by atoms with van der Waals surface area (Å²) in [6, 6.07) is 3.50. The maximum Gasteiger partial charge on any atom is 0.147 e. The van der Waals surface area contributed by atoms with Crippen LogP contribution >= 0.6 is 22.9 Å². The van der Waals surface area contributed by atoms with Gasteiger partial charge in [0.25, 0.3) is 0 Å². The summed E-state index contributed by atoms with van der Waals surface area (Å²) < 4.78 is 10.5. The zero-order valence-electron chi connectivity index (χ0n) is 10.9. The Morgan fingerprint density at radius 1 is 1.16 bits per heavy atom. The molecule has 0 amide bonds. The lowest BCUT2D eigenvalue weighted by Gasteiger charge is -2.17. The molecule has 1 aromatic heterocycles. The second kappa shape index (κ2) is 5.82. The maximum absolute atomic E-state index is 10.5. The van der Waals surface area contributed by atoms with Crippen LogP contribution in [0.2, 0.25) is 5.02 Å². The number of thiophene rings is 1. The molecule has 0 saturated heterocycles. The molecule has 0 fully saturated rings. The van der Waals surface area contributed by atoms with Crippen LogP contribution in [0.15, 0.2) is 22.9 Å². The van der Waals surface area contributed by atoms with Crippen LogP contribution in [-0.2, 0) is 0 Å². The number of hydrogen-bond donors (Lipinski definition) is 1. The van der Waals surface area contributed by atoms with Crippen molar-refractivity contribution in [2.45, 2.75) is 13.0 Å². The lowest BCUT2D eigenvalue weighted by molar-refractivity contribution is 0.214. The molecular weight excluding hydrogens is 284 g/mol. The third kappa shape index (κ3) is 2.56. The molecule has 1 N–H and O–H groups in total. The molecule has 1 atom stereocenters. The van der Waals surface area contributed by atoms with Crippen LogP contribution < -0.4 is 9.47 Å². The zero-order chi connectivity index (χ0) is 14.0. The second-order valence-electron chi connectivity index (χ2n) is 4.12. The van der Waals surface area contributed by atoms with Gasteiger partial charge in [-0.05, 0) is 40.9 Å². The van der Waals surface area contributed by atoms with Crippen molar-refractivity contribution >= 4 is 22.9 Å². The quantitative estimate of drug-likeness (QED) is 0.933. The van der Waals surface area contributed by atoms with Crippen LogP contribution in [0.3, 0.4) is 0 Å². The molecule has 0 bridgehead atoms. The molecule has 19 heavy (non-hydrogen) atoms. The summed E-state index contributed by atoms with van der Waals surface area (Å²) in [5.74, 6) is 0.968. The van der Waals surface area contributed by atoms with E-state index in [4.69, 9.17) is 21.1 Å². The summed E-state index contributed by atoms with van der Waals surface area (Å²) in [7, 11) is 3.07. The molecule has 5 heteroatoms. The van der Waals surface area contributed by atoms with Crippen LogP contribution in [0.4, 0.5) is 0 Å². The van der Waals surface area contributed by atoms with Crippen LogP contribution in [0.25, 0.3) is 0 Å². The Bertz CT molecular complexity index is 580. The monoisotopic (exact) mass is 298 g/mol. The van der Waals surface area contributed by atoms with E-state index in [9.17, 15) is 5.11 Å². The van der Waals surface area contributed by atoms with Crippen molar-refractivity contribution in [1.29, 1.82) is 0 Å². The predicted octanol–water partition coefficient (Wildman–Crippen LogP) is 3.81. The van der Waals surface area contributed by atoms with Crippen molar-refractivity contribution in [3.05, 3.63) is 44.6 Å². The molecule has 0 saturated carbocycles. The minimum absolute atomic E-state index is 0.370. The summed E-state index contributed by atoms with van der Waals surface area (Å²) in [6.07, 6.45) is -0.760. The first-order chi connectivity index (χ1) is 9.10. The second-order valence-corrected chi connectivity index (χ2v) is 5.24. The summed E-state index contributed by atoms with van der Waals surface area (Å²) in [4.78, 5) is 0. The van der Waals surface area contributed by atoms with Crippen molar-refractivity contribution in [2.75, 3.05) is 14.2 Å². The number of rotatable bonds is 4. The van der Waals surface area contributed by atoms with Gasteiger partial charge in [0.2, 0.25) is 0 Å². The first kappa shape index (κ1) is 14.2. The Balaban J connectivity index is 2.51.